The number of hydrogen-bond acceptors (Lipinski definition) is 4. The Hall–Kier alpha value is -1.65. The summed E-state index contributed by atoms with van der Waals surface area (Å²) in [5, 5.41) is 0. The van der Waals surface area contributed by atoms with Crippen molar-refractivity contribution in [2.75, 3.05) is 19.3 Å². The summed E-state index contributed by atoms with van der Waals surface area (Å²) in [5.74, 6) is 0.153. The predicted octanol–water partition coefficient (Wildman–Crippen LogP) is 3.51. The predicted molar refractivity (Wildman–Crippen MR) is 87.7 cm³/mol. The Morgan fingerprint density at radius 2 is 1.95 bits per heavy atom. The molecule has 0 aliphatic rings. The van der Waals surface area contributed by atoms with Gasteiger partial charge < -0.3 is 0 Å². The number of hydrogen-bond donors (Lipinski definition) is 0. The summed E-state index contributed by atoms with van der Waals surface area (Å²) in [6, 6.07) is 13.7. The van der Waals surface area contributed by atoms with Crippen molar-refractivity contribution in [3.05, 3.63) is 59.9 Å². The smallest absolute Gasteiger partial charge is 0.176 e. The zero-order chi connectivity index (χ0) is 15.1. The van der Waals surface area contributed by atoms with Crippen LogP contribution in [0, 0.1) is 0 Å². The third-order valence-corrected chi connectivity index (χ3v) is 4.08. The van der Waals surface area contributed by atoms with E-state index in [9.17, 15) is 4.79 Å². The van der Waals surface area contributed by atoms with E-state index in [2.05, 4.69) is 16.8 Å². The van der Waals surface area contributed by atoms with Crippen molar-refractivity contribution in [1.82, 2.24) is 9.88 Å². The van der Waals surface area contributed by atoms with E-state index < -0.39 is 0 Å². The zero-order valence-electron chi connectivity index (χ0n) is 12.5. The summed E-state index contributed by atoms with van der Waals surface area (Å²) >= 11 is 1.68. The maximum Gasteiger partial charge on any atom is 0.176 e. The number of nitrogens with zero attached hydrogens (tertiary/aromatic N) is 2. The second kappa shape index (κ2) is 7.96. The van der Waals surface area contributed by atoms with Crippen LogP contribution in [0.5, 0.6) is 0 Å². The first-order valence-electron chi connectivity index (χ1n) is 7.02. The van der Waals surface area contributed by atoms with Crippen molar-refractivity contribution in [3.8, 4) is 0 Å². The number of likely N-dealkylation sites (N-methyl/N-ethyl adjacent to an activating group) is 1. The fourth-order valence-corrected chi connectivity index (χ4v) is 2.48. The average Bonchev–Trinajstić information content (AvgIpc) is 2.55. The van der Waals surface area contributed by atoms with Crippen LogP contribution in [0.15, 0.2) is 53.6 Å². The van der Waals surface area contributed by atoms with Crippen molar-refractivity contribution in [2.24, 2.45) is 0 Å². The minimum absolute atomic E-state index is 0.153. The molecule has 21 heavy (non-hydrogen) atoms. The Kier molecular flexibility index (Phi) is 5.96. The number of Topliss-reactive ketones (excluding diaryl/α,β-unsaturated/α-hetero) is 1. The Labute approximate surface area is 130 Å². The molecule has 0 saturated heterocycles. The van der Waals surface area contributed by atoms with E-state index in [1.54, 1.807) is 18.0 Å². The number of thioether (sulfide) groups is 1. The number of rotatable bonds is 7. The van der Waals surface area contributed by atoms with Crippen LogP contribution in [0.1, 0.15) is 23.0 Å². The van der Waals surface area contributed by atoms with Crippen molar-refractivity contribution in [3.63, 3.8) is 0 Å². The zero-order valence-corrected chi connectivity index (χ0v) is 13.3. The van der Waals surface area contributed by atoms with Crippen LogP contribution in [0.3, 0.4) is 0 Å². The van der Waals surface area contributed by atoms with Gasteiger partial charge in [-0.3, -0.25) is 14.7 Å². The number of aromatic nitrogens is 1. The summed E-state index contributed by atoms with van der Waals surface area (Å²) in [6.45, 7) is 4.01. The van der Waals surface area contributed by atoms with Crippen LogP contribution in [-0.2, 0) is 6.54 Å². The van der Waals surface area contributed by atoms with E-state index in [4.69, 9.17) is 0 Å². The van der Waals surface area contributed by atoms with E-state index in [0.717, 1.165) is 17.8 Å². The van der Waals surface area contributed by atoms with Gasteiger partial charge in [-0.25, -0.2) is 0 Å². The highest BCUT2D eigenvalue weighted by Gasteiger charge is 2.12. The molecule has 0 atom stereocenters. The Balaban J connectivity index is 1.98. The summed E-state index contributed by atoms with van der Waals surface area (Å²) in [6.07, 6.45) is 3.81. The summed E-state index contributed by atoms with van der Waals surface area (Å²) < 4.78 is 0. The lowest BCUT2D eigenvalue weighted by Gasteiger charge is -2.19. The first-order chi connectivity index (χ1) is 10.2. The normalized spacial score (nSPS) is 10.8. The van der Waals surface area contributed by atoms with Crippen molar-refractivity contribution >= 4 is 17.5 Å². The number of ketones is 1. The van der Waals surface area contributed by atoms with Gasteiger partial charge in [0.15, 0.2) is 5.78 Å². The third-order valence-electron chi connectivity index (χ3n) is 3.34. The monoisotopic (exact) mass is 300 g/mol. The molecular weight excluding hydrogens is 280 g/mol. The molecule has 2 aromatic rings. The number of carbonyl (C=O) groups excluding carboxylic acids is 1. The first kappa shape index (κ1) is 15.7. The first-order valence-corrected chi connectivity index (χ1v) is 8.25. The fourth-order valence-electron chi connectivity index (χ4n) is 2.07. The third kappa shape index (κ3) is 4.69. The molecule has 0 fully saturated rings. The van der Waals surface area contributed by atoms with Crippen LogP contribution in [0.4, 0.5) is 0 Å². The standard InChI is InChI=1S/C17H20N2OS/c1-3-19(12-15-6-4-5-11-18-15)13-17(20)14-7-9-16(21-2)10-8-14/h4-11H,3,12-13H2,1-2H3. The quantitative estimate of drug-likeness (QED) is 0.579. The van der Waals surface area contributed by atoms with Crippen LogP contribution in [0.2, 0.25) is 0 Å². The highest BCUT2D eigenvalue weighted by Crippen LogP contribution is 2.15. The maximum absolute atomic E-state index is 12.3. The van der Waals surface area contributed by atoms with Crippen LogP contribution < -0.4 is 0 Å². The lowest BCUT2D eigenvalue weighted by Crippen LogP contribution is -2.29. The van der Waals surface area contributed by atoms with E-state index in [1.807, 2.05) is 48.7 Å². The van der Waals surface area contributed by atoms with Gasteiger partial charge in [-0.05, 0) is 37.1 Å². The van der Waals surface area contributed by atoms with Gasteiger partial charge in [-0.1, -0.05) is 25.1 Å². The van der Waals surface area contributed by atoms with Crippen LogP contribution >= 0.6 is 11.8 Å². The average molecular weight is 300 g/mol. The number of carbonyl (C=O) groups is 1. The lowest BCUT2D eigenvalue weighted by molar-refractivity contribution is 0.0928. The summed E-state index contributed by atoms with van der Waals surface area (Å²) in [5.41, 5.74) is 1.76. The molecule has 1 aromatic carbocycles. The molecule has 0 aliphatic heterocycles. The van der Waals surface area contributed by atoms with Gasteiger partial charge in [0.25, 0.3) is 0 Å². The van der Waals surface area contributed by atoms with Crippen molar-refractivity contribution in [1.29, 1.82) is 0 Å². The van der Waals surface area contributed by atoms with Crippen molar-refractivity contribution < 1.29 is 4.79 Å². The van der Waals surface area contributed by atoms with Gasteiger partial charge in [-0.15, -0.1) is 11.8 Å². The highest BCUT2D eigenvalue weighted by atomic mass is 32.2. The molecule has 2 rings (SSSR count). The molecule has 0 amide bonds. The van der Waals surface area contributed by atoms with Gasteiger partial charge >= 0.3 is 0 Å². The second-order valence-corrected chi connectivity index (χ2v) is 5.66. The minimum Gasteiger partial charge on any atom is -0.293 e. The lowest BCUT2D eigenvalue weighted by atomic mass is 10.1. The van der Waals surface area contributed by atoms with E-state index in [-0.39, 0.29) is 5.78 Å². The Morgan fingerprint density at radius 1 is 1.19 bits per heavy atom. The molecule has 4 heteroatoms. The van der Waals surface area contributed by atoms with Crippen LogP contribution in [-0.4, -0.2) is 35.0 Å². The fraction of sp³-hybridized carbons (Fsp3) is 0.294. The minimum atomic E-state index is 0.153. The molecule has 0 spiro atoms. The van der Waals surface area contributed by atoms with E-state index in [1.165, 1.54) is 4.90 Å². The molecule has 0 unspecified atom stereocenters. The molecule has 110 valence electrons. The van der Waals surface area contributed by atoms with Crippen LogP contribution in [0.25, 0.3) is 0 Å². The van der Waals surface area contributed by atoms with E-state index in [0.29, 0.717) is 13.1 Å². The molecular formula is C17H20N2OS. The number of pyridine rings is 1. The maximum atomic E-state index is 12.3. The van der Waals surface area contributed by atoms with Gasteiger partial charge in [0.2, 0.25) is 0 Å². The second-order valence-electron chi connectivity index (χ2n) is 4.78. The topological polar surface area (TPSA) is 33.2 Å². The van der Waals surface area contributed by atoms with Gasteiger partial charge in [0.1, 0.15) is 0 Å². The van der Waals surface area contributed by atoms with Gasteiger partial charge in [0.05, 0.1) is 12.2 Å². The number of benzene rings is 1. The molecule has 0 N–H and O–H groups in total. The summed E-state index contributed by atoms with van der Waals surface area (Å²) in [7, 11) is 0. The highest BCUT2D eigenvalue weighted by molar-refractivity contribution is 7.98. The molecule has 1 heterocycles. The van der Waals surface area contributed by atoms with Gasteiger partial charge in [-0.2, -0.15) is 0 Å². The molecule has 0 saturated carbocycles. The van der Waals surface area contributed by atoms with Crippen molar-refractivity contribution in [2.45, 2.75) is 18.4 Å². The molecule has 1 aromatic heterocycles. The SMILES string of the molecule is CCN(CC(=O)c1ccc(SC)cc1)Cc1ccccn1. The molecule has 0 radical (unpaired) electrons. The molecule has 0 bridgehead atoms. The van der Waals surface area contributed by atoms with Gasteiger partial charge in [0, 0.05) is 23.2 Å². The molecule has 0 aliphatic carbocycles. The van der Waals surface area contributed by atoms with E-state index >= 15 is 0 Å². The Morgan fingerprint density at radius 3 is 2.52 bits per heavy atom. The largest absolute Gasteiger partial charge is 0.293 e. The molecule has 3 nitrogen and oxygen atoms in total. The Bertz CT molecular complexity index is 569. The summed E-state index contributed by atoms with van der Waals surface area (Å²) in [4.78, 5) is 19.9.